The molecule has 0 saturated heterocycles. The van der Waals surface area contributed by atoms with Crippen molar-refractivity contribution in [1.82, 2.24) is 26.2 Å². The summed E-state index contributed by atoms with van der Waals surface area (Å²) in [5.41, 5.74) is 9.33. The summed E-state index contributed by atoms with van der Waals surface area (Å²) < 4.78 is 31.7. The second-order valence-corrected chi connectivity index (χ2v) is 20.3. The maximum Gasteiger partial charge on any atom is 0.490 e. The van der Waals surface area contributed by atoms with Gasteiger partial charge in [-0.3, -0.25) is 28.9 Å². The van der Waals surface area contributed by atoms with Crippen LogP contribution in [0.3, 0.4) is 0 Å². The highest BCUT2D eigenvalue weighted by Gasteiger charge is 2.45. The van der Waals surface area contributed by atoms with Crippen LogP contribution in [-0.4, -0.2) is 114 Å². The van der Waals surface area contributed by atoms with E-state index in [1.54, 1.807) is 0 Å². The van der Waals surface area contributed by atoms with E-state index in [0.29, 0.717) is 51.1 Å². The standard InChI is InChI=1S/C32H57N7O8Si.C2HF3O2/c1-22(2)32(17-21-48(3,4)5,38-25(40)14-7-6-10-20-39-26(41)15-16-27(39)42)30(46)37-23(13-11-19-35-31(34)47)28(43)36-24(29(44)45)12-8-9-18-33;3-2(4,5)1(6)7/h15-16,22-24H,6-14,17-21,33H2,1-5H3,(H,36,43)(H,37,46)(H,38,40)(H,44,45)(H3,34,35,47);(H,6,7)/t23-,24-,32-;/m0./s1. The second-order valence-electron chi connectivity index (χ2n) is 14.7. The largest absolute Gasteiger partial charge is 0.490 e. The molecule has 0 aromatic heterocycles. The number of hydrogen-bond donors (Lipinski definition) is 8. The van der Waals surface area contributed by atoms with E-state index in [1.807, 2.05) is 13.8 Å². The number of carboxylic acid groups (broad SMARTS) is 2. The van der Waals surface area contributed by atoms with E-state index in [1.165, 1.54) is 12.2 Å². The molecule has 0 aromatic rings. The van der Waals surface area contributed by atoms with Crippen molar-refractivity contribution in [2.75, 3.05) is 19.6 Å². The molecule has 314 valence electrons. The minimum Gasteiger partial charge on any atom is -0.480 e. The van der Waals surface area contributed by atoms with Crippen LogP contribution in [0.15, 0.2) is 12.2 Å². The lowest BCUT2D eigenvalue weighted by Gasteiger charge is -2.39. The van der Waals surface area contributed by atoms with Gasteiger partial charge in [0.2, 0.25) is 17.7 Å². The topological polar surface area (TPSA) is 280 Å². The summed E-state index contributed by atoms with van der Waals surface area (Å²) in [6, 6.07) is -2.39. The fourth-order valence-electron chi connectivity index (χ4n) is 5.29. The number of aliphatic carboxylic acids is 2. The van der Waals surface area contributed by atoms with E-state index in [-0.39, 0.29) is 62.4 Å². The first kappa shape index (κ1) is 50.5. The Morgan fingerprint density at radius 3 is 1.89 bits per heavy atom. The van der Waals surface area contributed by atoms with Crippen LogP contribution in [0.4, 0.5) is 18.0 Å². The van der Waals surface area contributed by atoms with Crippen LogP contribution in [0, 0.1) is 5.92 Å². The summed E-state index contributed by atoms with van der Waals surface area (Å²) in [6.07, 6.45) is 0.955. The quantitative estimate of drug-likeness (QED) is 0.0397. The molecular weight excluding hydrogens is 751 g/mol. The van der Waals surface area contributed by atoms with Gasteiger partial charge >= 0.3 is 24.1 Å². The van der Waals surface area contributed by atoms with Crippen LogP contribution in [0.5, 0.6) is 0 Å². The molecule has 1 aliphatic heterocycles. The van der Waals surface area contributed by atoms with Crippen LogP contribution in [0.25, 0.3) is 0 Å². The van der Waals surface area contributed by atoms with Crippen molar-refractivity contribution in [3.05, 3.63) is 12.2 Å². The van der Waals surface area contributed by atoms with E-state index in [2.05, 4.69) is 40.9 Å². The fourth-order valence-corrected chi connectivity index (χ4v) is 6.44. The minimum absolute atomic E-state index is 0.0701. The molecule has 0 fully saturated rings. The number of nitrogens with two attached hydrogens (primary N) is 2. The third kappa shape index (κ3) is 20.1. The number of carbonyl (C=O) groups excluding carboxylic acids is 6. The summed E-state index contributed by atoms with van der Waals surface area (Å²) in [5.74, 6) is -6.64. The number of rotatable bonds is 24. The van der Waals surface area contributed by atoms with Crippen molar-refractivity contribution < 1.29 is 61.7 Å². The van der Waals surface area contributed by atoms with Crippen molar-refractivity contribution in [3.8, 4) is 0 Å². The van der Waals surface area contributed by atoms with Gasteiger partial charge < -0.3 is 42.9 Å². The van der Waals surface area contributed by atoms with Crippen LogP contribution in [-0.2, 0) is 33.6 Å². The predicted molar refractivity (Wildman–Crippen MR) is 198 cm³/mol. The monoisotopic (exact) mass is 809 g/mol. The van der Waals surface area contributed by atoms with Crippen molar-refractivity contribution in [1.29, 1.82) is 0 Å². The summed E-state index contributed by atoms with van der Waals surface area (Å²) in [4.78, 5) is 97.7. The first-order valence-corrected chi connectivity index (χ1v) is 21.8. The number of urea groups is 1. The summed E-state index contributed by atoms with van der Waals surface area (Å²) in [5, 5.41) is 27.6. The molecule has 21 heteroatoms. The Bertz CT molecular complexity index is 1360. The third-order valence-electron chi connectivity index (χ3n) is 8.60. The molecule has 3 atom stereocenters. The normalized spacial score (nSPS) is 15.0. The molecule has 0 unspecified atom stereocenters. The van der Waals surface area contributed by atoms with Gasteiger partial charge in [-0.2, -0.15) is 13.2 Å². The molecule has 1 rings (SSSR count). The van der Waals surface area contributed by atoms with Crippen LogP contribution < -0.4 is 32.7 Å². The molecule has 0 radical (unpaired) electrons. The van der Waals surface area contributed by atoms with Crippen molar-refractivity contribution in [2.24, 2.45) is 17.4 Å². The lowest BCUT2D eigenvalue weighted by atomic mass is 9.82. The Balaban J connectivity index is 0.00000377. The zero-order chi connectivity index (χ0) is 42.6. The molecule has 17 nitrogen and oxygen atoms in total. The van der Waals surface area contributed by atoms with Crippen LogP contribution in [0.1, 0.15) is 78.1 Å². The average Bonchev–Trinajstić information content (AvgIpc) is 3.38. The van der Waals surface area contributed by atoms with E-state index in [9.17, 15) is 51.8 Å². The number of halogens is 3. The number of alkyl halides is 3. The highest BCUT2D eigenvalue weighted by Crippen LogP contribution is 2.28. The van der Waals surface area contributed by atoms with Crippen molar-refractivity contribution >= 4 is 55.6 Å². The van der Waals surface area contributed by atoms with Crippen molar-refractivity contribution in [2.45, 2.75) is 128 Å². The molecular formula is C34H58F3N7O10Si. The first-order chi connectivity index (χ1) is 25.4. The molecule has 1 heterocycles. The second kappa shape index (κ2) is 24.1. The first-order valence-electron chi connectivity index (χ1n) is 18.1. The molecule has 55 heavy (non-hydrogen) atoms. The molecule has 10 N–H and O–H groups in total. The number of carbonyl (C=O) groups is 8. The lowest BCUT2D eigenvalue weighted by Crippen LogP contribution is -2.65. The Morgan fingerprint density at radius 1 is 0.855 bits per heavy atom. The molecule has 0 bridgehead atoms. The highest BCUT2D eigenvalue weighted by atomic mass is 28.3. The number of nitrogens with one attached hydrogen (secondary N) is 4. The third-order valence-corrected chi connectivity index (χ3v) is 10.4. The molecule has 0 aliphatic carbocycles. The lowest BCUT2D eigenvalue weighted by molar-refractivity contribution is -0.192. The predicted octanol–water partition coefficient (Wildman–Crippen LogP) is 1.98. The number of nitrogens with zero attached hydrogens (tertiary/aromatic N) is 1. The summed E-state index contributed by atoms with van der Waals surface area (Å²) in [6.45, 7) is 10.9. The Kier molecular flexibility index (Phi) is 22.1. The Hall–Kier alpha value is -4.53. The van der Waals surface area contributed by atoms with Gasteiger partial charge in [-0.1, -0.05) is 46.0 Å². The molecule has 0 saturated carbocycles. The number of imide groups is 1. The minimum atomic E-state index is -5.08. The number of hydrogen-bond acceptors (Lipinski definition) is 9. The van der Waals surface area contributed by atoms with E-state index >= 15 is 0 Å². The number of amides is 7. The van der Waals surface area contributed by atoms with Gasteiger partial charge in [-0.25, -0.2) is 14.4 Å². The SMILES string of the molecule is CC(C)[C@](CC[Si](C)(C)C)(NC(=O)CCCCCN1C(=O)C=CC1=O)C(=O)N[C@@H](CCCNC(N)=O)C(=O)N[C@@H](CCCCN)C(=O)O.O=C(O)C(F)(F)F. The average molecular weight is 810 g/mol. The van der Waals surface area contributed by atoms with Gasteiger partial charge in [-0.05, 0) is 63.8 Å². The fraction of sp³-hybridized carbons (Fsp3) is 0.706. The van der Waals surface area contributed by atoms with Crippen molar-refractivity contribution in [3.63, 3.8) is 0 Å². The van der Waals surface area contributed by atoms with E-state index in [4.69, 9.17) is 21.4 Å². The summed E-state index contributed by atoms with van der Waals surface area (Å²) >= 11 is 0. The Labute approximate surface area is 319 Å². The van der Waals surface area contributed by atoms with E-state index in [0.717, 1.165) is 4.90 Å². The smallest absolute Gasteiger partial charge is 0.480 e. The summed E-state index contributed by atoms with van der Waals surface area (Å²) in [7, 11) is -1.72. The van der Waals surface area contributed by atoms with Gasteiger partial charge in [0.15, 0.2) is 0 Å². The van der Waals surface area contributed by atoms with Gasteiger partial charge in [0.05, 0.1) is 0 Å². The van der Waals surface area contributed by atoms with Gasteiger partial charge in [0.1, 0.15) is 17.6 Å². The van der Waals surface area contributed by atoms with Gasteiger partial charge in [0.25, 0.3) is 11.8 Å². The molecule has 0 spiro atoms. The molecule has 7 amide bonds. The highest BCUT2D eigenvalue weighted by molar-refractivity contribution is 6.76. The number of carboxylic acids is 2. The maximum absolute atomic E-state index is 14.2. The molecule has 0 aromatic carbocycles. The zero-order valence-electron chi connectivity index (χ0n) is 32.2. The maximum atomic E-state index is 14.2. The van der Waals surface area contributed by atoms with Crippen LogP contribution in [0.2, 0.25) is 25.7 Å². The van der Waals surface area contributed by atoms with E-state index < -0.39 is 61.7 Å². The number of unbranched alkanes of at least 4 members (excludes halogenated alkanes) is 3. The number of primary amides is 1. The Morgan fingerprint density at radius 2 is 1.42 bits per heavy atom. The molecule has 1 aliphatic rings. The zero-order valence-corrected chi connectivity index (χ0v) is 33.2. The van der Waals surface area contributed by atoms with Crippen LogP contribution >= 0.6 is 0 Å². The van der Waals surface area contributed by atoms with Gasteiger partial charge in [0, 0.05) is 39.7 Å². The van der Waals surface area contributed by atoms with Gasteiger partial charge in [-0.15, -0.1) is 0 Å².